The number of H-pyrrole nitrogens is 1. The van der Waals surface area contributed by atoms with Gasteiger partial charge in [-0.1, -0.05) is 5.16 Å². The smallest absolute Gasteiger partial charge is 0.259 e. The number of nitrogens with one attached hydrogen (secondary N) is 2. The minimum Gasteiger partial charge on any atom is -0.355 e. The van der Waals surface area contributed by atoms with Crippen molar-refractivity contribution in [3.05, 3.63) is 34.1 Å². The van der Waals surface area contributed by atoms with E-state index in [0.717, 1.165) is 5.69 Å². The Morgan fingerprint density at radius 2 is 2.20 bits per heavy atom. The fraction of sp³-hybridized carbons (Fsp3) is 0.385. The molecule has 0 aromatic carbocycles. The Kier molecular flexibility index (Phi) is 3.09. The number of carbonyl (C=O) groups excluding carboxylic acids is 1. The molecule has 7 heteroatoms. The van der Waals surface area contributed by atoms with Crippen molar-refractivity contribution in [2.45, 2.75) is 25.7 Å². The zero-order valence-electron chi connectivity index (χ0n) is 11.0. The van der Waals surface area contributed by atoms with Gasteiger partial charge in [0, 0.05) is 18.7 Å². The maximum Gasteiger partial charge on any atom is 0.259 e. The number of pyridine rings is 1. The molecule has 104 valence electrons. The van der Waals surface area contributed by atoms with Gasteiger partial charge < -0.3 is 14.8 Å². The summed E-state index contributed by atoms with van der Waals surface area (Å²) in [5.74, 6) is 0.785. The van der Waals surface area contributed by atoms with Crippen molar-refractivity contribution in [1.29, 1.82) is 0 Å². The molecule has 0 saturated carbocycles. The van der Waals surface area contributed by atoms with Gasteiger partial charge in [0.15, 0.2) is 0 Å². The highest BCUT2D eigenvalue weighted by atomic mass is 16.5. The van der Waals surface area contributed by atoms with Gasteiger partial charge in [-0.25, -0.2) is 0 Å². The first-order valence-electron chi connectivity index (χ1n) is 6.44. The van der Waals surface area contributed by atoms with E-state index >= 15 is 0 Å². The second kappa shape index (κ2) is 4.92. The summed E-state index contributed by atoms with van der Waals surface area (Å²) in [7, 11) is 0. The molecule has 2 aromatic rings. The number of aromatic amines is 1. The Morgan fingerprint density at radius 1 is 1.35 bits per heavy atom. The van der Waals surface area contributed by atoms with E-state index < -0.39 is 0 Å². The van der Waals surface area contributed by atoms with Crippen LogP contribution in [0.15, 0.2) is 21.5 Å². The Labute approximate surface area is 114 Å². The lowest BCUT2D eigenvalue weighted by molar-refractivity contribution is -0.122. The minimum atomic E-state index is -0.241. The van der Waals surface area contributed by atoms with Crippen LogP contribution >= 0.6 is 0 Å². The maximum absolute atomic E-state index is 11.8. The molecule has 0 spiro atoms. The number of carbonyl (C=O) groups is 1. The Morgan fingerprint density at radius 3 is 2.90 bits per heavy atom. The largest absolute Gasteiger partial charge is 0.355 e. The molecule has 1 aliphatic heterocycles. The van der Waals surface area contributed by atoms with Gasteiger partial charge in [0.05, 0.1) is 11.5 Å². The molecule has 1 fully saturated rings. The highest BCUT2D eigenvalue weighted by molar-refractivity contribution is 5.76. The molecule has 20 heavy (non-hydrogen) atoms. The molecule has 1 amide bonds. The third kappa shape index (κ3) is 2.34. The first-order valence-corrected chi connectivity index (χ1v) is 6.44. The lowest BCUT2D eigenvalue weighted by atomic mass is 9.99. The van der Waals surface area contributed by atoms with Gasteiger partial charge in [0.2, 0.25) is 17.6 Å². The number of nitrogens with zero attached hydrogens (tertiary/aromatic N) is 2. The number of aryl methyl sites for hydroxylation is 1. The van der Waals surface area contributed by atoms with Crippen molar-refractivity contribution in [1.82, 2.24) is 20.4 Å². The lowest BCUT2D eigenvalue weighted by Gasteiger charge is -2.18. The Bertz CT molecular complexity index is 694. The average Bonchev–Trinajstić information content (AvgIpc) is 2.89. The van der Waals surface area contributed by atoms with E-state index in [1.165, 1.54) is 0 Å². The molecule has 1 unspecified atom stereocenters. The van der Waals surface area contributed by atoms with Crippen molar-refractivity contribution < 1.29 is 9.32 Å². The number of rotatable bonds is 2. The van der Waals surface area contributed by atoms with Crippen LogP contribution < -0.4 is 10.9 Å². The number of piperidine rings is 1. The summed E-state index contributed by atoms with van der Waals surface area (Å²) in [5, 5.41) is 6.62. The predicted octanol–water partition coefficient (Wildman–Crippen LogP) is 0.727. The summed E-state index contributed by atoms with van der Waals surface area (Å²) in [6.45, 7) is 2.29. The second-order valence-electron chi connectivity index (χ2n) is 4.88. The quantitative estimate of drug-likeness (QED) is 0.840. The van der Waals surface area contributed by atoms with Crippen molar-refractivity contribution >= 4 is 5.91 Å². The summed E-state index contributed by atoms with van der Waals surface area (Å²) < 4.78 is 5.21. The predicted molar refractivity (Wildman–Crippen MR) is 70.1 cm³/mol. The Balaban J connectivity index is 1.86. The van der Waals surface area contributed by atoms with E-state index in [4.69, 9.17) is 4.52 Å². The van der Waals surface area contributed by atoms with E-state index in [9.17, 15) is 9.59 Å². The van der Waals surface area contributed by atoms with Gasteiger partial charge in [0.1, 0.15) is 0 Å². The maximum atomic E-state index is 11.8. The summed E-state index contributed by atoms with van der Waals surface area (Å²) in [6.07, 6.45) is 1.13. The monoisotopic (exact) mass is 274 g/mol. The first kappa shape index (κ1) is 12.6. The second-order valence-corrected chi connectivity index (χ2v) is 4.88. The van der Waals surface area contributed by atoms with Crippen LogP contribution in [0.1, 0.15) is 30.3 Å². The third-order valence-electron chi connectivity index (χ3n) is 3.35. The zero-order valence-corrected chi connectivity index (χ0v) is 11.0. The topological polar surface area (TPSA) is 101 Å². The van der Waals surface area contributed by atoms with Gasteiger partial charge in [-0.2, -0.15) is 4.98 Å². The fourth-order valence-electron chi connectivity index (χ4n) is 2.20. The Hall–Kier alpha value is -2.44. The molecule has 0 bridgehead atoms. The van der Waals surface area contributed by atoms with Gasteiger partial charge in [-0.05, 0) is 25.5 Å². The summed E-state index contributed by atoms with van der Waals surface area (Å²) >= 11 is 0. The van der Waals surface area contributed by atoms with E-state index in [1.54, 1.807) is 19.1 Å². The van der Waals surface area contributed by atoms with Gasteiger partial charge >= 0.3 is 0 Å². The number of hydrogen-bond acceptors (Lipinski definition) is 5. The van der Waals surface area contributed by atoms with Crippen molar-refractivity contribution in [3.8, 4) is 11.4 Å². The molecular formula is C13H14N4O3. The van der Waals surface area contributed by atoms with Crippen molar-refractivity contribution in [3.63, 3.8) is 0 Å². The zero-order chi connectivity index (χ0) is 14.1. The van der Waals surface area contributed by atoms with Crippen LogP contribution in [0, 0.1) is 6.92 Å². The normalized spacial score (nSPS) is 18.9. The van der Waals surface area contributed by atoms with Crippen LogP contribution in [0.3, 0.4) is 0 Å². The molecule has 1 saturated heterocycles. The van der Waals surface area contributed by atoms with E-state index in [0.29, 0.717) is 30.8 Å². The van der Waals surface area contributed by atoms with Crippen LogP contribution in [-0.2, 0) is 4.79 Å². The molecule has 0 radical (unpaired) electrons. The van der Waals surface area contributed by atoms with Gasteiger partial charge in [-0.15, -0.1) is 0 Å². The number of hydrogen-bond donors (Lipinski definition) is 2. The number of aromatic nitrogens is 3. The van der Waals surface area contributed by atoms with E-state index in [1.807, 2.05) is 0 Å². The van der Waals surface area contributed by atoms with Crippen LogP contribution in [0.5, 0.6) is 0 Å². The van der Waals surface area contributed by atoms with Crippen LogP contribution in [0.25, 0.3) is 11.4 Å². The third-order valence-corrected chi connectivity index (χ3v) is 3.35. The van der Waals surface area contributed by atoms with E-state index in [2.05, 4.69) is 20.4 Å². The summed E-state index contributed by atoms with van der Waals surface area (Å²) in [4.78, 5) is 29.9. The van der Waals surface area contributed by atoms with Crippen LogP contribution in [0.2, 0.25) is 0 Å². The molecule has 1 aliphatic rings. The average molecular weight is 274 g/mol. The summed E-state index contributed by atoms with van der Waals surface area (Å²) in [6, 6.07) is 3.46. The standard InChI is InChI=1S/C13H14N4O3/c1-7-2-4-9(12(19)15-7)11-16-13(20-17-11)8-3-5-10(18)14-6-8/h2,4,8H,3,5-6H2,1H3,(H,14,18)(H,15,19). The van der Waals surface area contributed by atoms with Crippen LogP contribution in [0.4, 0.5) is 0 Å². The molecule has 0 aliphatic carbocycles. The van der Waals surface area contributed by atoms with Crippen molar-refractivity contribution in [2.24, 2.45) is 0 Å². The molecule has 2 aromatic heterocycles. The van der Waals surface area contributed by atoms with Gasteiger partial charge in [-0.3, -0.25) is 9.59 Å². The molecule has 7 nitrogen and oxygen atoms in total. The summed E-state index contributed by atoms with van der Waals surface area (Å²) in [5.41, 5.74) is 0.914. The molecular weight excluding hydrogens is 260 g/mol. The van der Waals surface area contributed by atoms with Gasteiger partial charge in [0.25, 0.3) is 5.56 Å². The lowest BCUT2D eigenvalue weighted by Crippen LogP contribution is -2.33. The SMILES string of the molecule is Cc1ccc(-c2noc(C3CCC(=O)NC3)n2)c(=O)[nH]1. The molecule has 3 rings (SSSR count). The highest BCUT2D eigenvalue weighted by Gasteiger charge is 2.25. The fourth-order valence-corrected chi connectivity index (χ4v) is 2.20. The molecule has 2 N–H and O–H groups in total. The molecule has 1 atom stereocenters. The molecule has 3 heterocycles. The first-order chi connectivity index (χ1) is 9.63. The van der Waals surface area contributed by atoms with Crippen molar-refractivity contribution in [2.75, 3.05) is 6.54 Å². The highest BCUT2D eigenvalue weighted by Crippen LogP contribution is 2.23. The number of amides is 1. The van der Waals surface area contributed by atoms with E-state index in [-0.39, 0.29) is 23.2 Å². The minimum absolute atomic E-state index is 0.0125. The van der Waals surface area contributed by atoms with Crippen LogP contribution in [-0.4, -0.2) is 27.6 Å².